The number of carboxylic acid groups (broad SMARTS) is 1. The Kier molecular flexibility index (Phi) is 6.73. The first-order chi connectivity index (χ1) is 8.99. The molecule has 0 aromatic heterocycles. The van der Waals surface area contributed by atoms with E-state index in [1.807, 2.05) is 24.3 Å². The zero-order chi connectivity index (χ0) is 14.3. The molecule has 0 spiro atoms. The summed E-state index contributed by atoms with van der Waals surface area (Å²) in [5, 5.41) is 12.0. The lowest BCUT2D eigenvalue weighted by Crippen LogP contribution is -2.32. The molecule has 0 radical (unpaired) electrons. The lowest BCUT2D eigenvalue weighted by atomic mass is 10.2. The number of amides is 1. The van der Waals surface area contributed by atoms with Crippen LogP contribution in [0.4, 0.5) is 0 Å². The van der Waals surface area contributed by atoms with Gasteiger partial charge in [-0.05, 0) is 17.7 Å². The summed E-state index contributed by atoms with van der Waals surface area (Å²) < 4.78 is 0. The van der Waals surface area contributed by atoms with Crippen LogP contribution >= 0.6 is 23.4 Å². The molecule has 1 unspecified atom stereocenters. The number of carboxylic acids is 1. The Balaban J connectivity index is 2.20. The van der Waals surface area contributed by atoms with Crippen LogP contribution in [0.3, 0.4) is 0 Å². The lowest BCUT2D eigenvalue weighted by molar-refractivity contribution is -0.141. The molecule has 1 amide bonds. The Hall–Kier alpha value is -1.20. The zero-order valence-electron chi connectivity index (χ0n) is 10.6. The van der Waals surface area contributed by atoms with Crippen LogP contribution in [-0.4, -0.2) is 29.3 Å². The SMILES string of the molecule is CC(CNC(=O)CSCc1ccc(Cl)cc1)C(=O)O. The number of benzene rings is 1. The van der Waals surface area contributed by atoms with Gasteiger partial charge in [0.25, 0.3) is 0 Å². The van der Waals surface area contributed by atoms with E-state index in [2.05, 4.69) is 5.32 Å². The number of hydrogen-bond donors (Lipinski definition) is 2. The number of halogens is 1. The minimum Gasteiger partial charge on any atom is -0.481 e. The number of carbonyl (C=O) groups excluding carboxylic acids is 1. The molecule has 19 heavy (non-hydrogen) atoms. The second-order valence-corrected chi connectivity index (χ2v) is 5.58. The molecule has 0 heterocycles. The molecule has 104 valence electrons. The standard InChI is InChI=1S/C13H16ClNO3S/c1-9(13(17)18)6-15-12(16)8-19-7-10-2-4-11(14)5-3-10/h2-5,9H,6-8H2,1H3,(H,15,16)(H,17,18). The predicted octanol–water partition coefficient (Wildman–Crippen LogP) is 2.41. The van der Waals surface area contributed by atoms with Gasteiger partial charge in [0.1, 0.15) is 0 Å². The Morgan fingerprint density at radius 3 is 2.58 bits per heavy atom. The van der Waals surface area contributed by atoms with Crippen LogP contribution in [0, 0.1) is 5.92 Å². The van der Waals surface area contributed by atoms with Crippen molar-refractivity contribution < 1.29 is 14.7 Å². The van der Waals surface area contributed by atoms with Gasteiger partial charge in [0.2, 0.25) is 5.91 Å². The number of hydrogen-bond acceptors (Lipinski definition) is 3. The number of rotatable bonds is 7. The molecule has 0 fully saturated rings. The number of aliphatic carboxylic acids is 1. The van der Waals surface area contributed by atoms with E-state index in [1.54, 1.807) is 6.92 Å². The topological polar surface area (TPSA) is 66.4 Å². The Bertz CT molecular complexity index is 436. The van der Waals surface area contributed by atoms with Gasteiger partial charge >= 0.3 is 5.97 Å². The Morgan fingerprint density at radius 1 is 1.37 bits per heavy atom. The summed E-state index contributed by atoms with van der Waals surface area (Å²) >= 11 is 7.25. The molecule has 1 aromatic rings. The quantitative estimate of drug-likeness (QED) is 0.811. The molecule has 0 saturated heterocycles. The monoisotopic (exact) mass is 301 g/mol. The average Bonchev–Trinajstić information content (AvgIpc) is 2.38. The largest absolute Gasteiger partial charge is 0.481 e. The number of thioether (sulfide) groups is 1. The summed E-state index contributed by atoms with van der Waals surface area (Å²) in [5.74, 6) is -0.583. The third kappa shape index (κ3) is 6.50. The smallest absolute Gasteiger partial charge is 0.308 e. The molecule has 1 atom stereocenters. The normalized spacial score (nSPS) is 11.9. The minimum absolute atomic E-state index is 0.146. The summed E-state index contributed by atoms with van der Waals surface area (Å²) in [7, 11) is 0. The molecule has 1 rings (SSSR count). The third-order valence-electron chi connectivity index (χ3n) is 2.44. The maximum absolute atomic E-state index is 11.5. The van der Waals surface area contributed by atoms with Gasteiger partial charge in [-0.25, -0.2) is 0 Å². The summed E-state index contributed by atoms with van der Waals surface area (Å²) in [4.78, 5) is 22.0. The first-order valence-electron chi connectivity index (χ1n) is 5.80. The average molecular weight is 302 g/mol. The molecular formula is C13H16ClNO3S. The van der Waals surface area contributed by atoms with E-state index in [4.69, 9.17) is 16.7 Å². The fourth-order valence-electron chi connectivity index (χ4n) is 1.25. The summed E-state index contributed by atoms with van der Waals surface area (Å²) in [6.45, 7) is 1.72. The highest BCUT2D eigenvalue weighted by Crippen LogP contribution is 2.15. The summed E-state index contributed by atoms with van der Waals surface area (Å²) in [5.41, 5.74) is 1.10. The molecular weight excluding hydrogens is 286 g/mol. The van der Waals surface area contributed by atoms with Crippen LogP contribution in [0.15, 0.2) is 24.3 Å². The Labute approximate surface area is 121 Å². The third-order valence-corrected chi connectivity index (χ3v) is 3.70. The van der Waals surface area contributed by atoms with Gasteiger partial charge in [-0.1, -0.05) is 30.7 Å². The Morgan fingerprint density at radius 2 is 2.00 bits per heavy atom. The highest BCUT2D eigenvalue weighted by atomic mass is 35.5. The van der Waals surface area contributed by atoms with Crippen molar-refractivity contribution in [3.8, 4) is 0 Å². The molecule has 6 heteroatoms. The van der Waals surface area contributed by atoms with Gasteiger partial charge in [-0.15, -0.1) is 11.8 Å². The first-order valence-corrected chi connectivity index (χ1v) is 7.34. The maximum Gasteiger partial charge on any atom is 0.308 e. The second kappa shape index (κ2) is 8.07. The summed E-state index contributed by atoms with van der Waals surface area (Å²) in [6.07, 6.45) is 0. The zero-order valence-corrected chi connectivity index (χ0v) is 12.1. The highest BCUT2D eigenvalue weighted by Gasteiger charge is 2.11. The van der Waals surface area contributed by atoms with Crippen molar-refractivity contribution in [1.29, 1.82) is 0 Å². The fraction of sp³-hybridized carbons (Fsp3) is 0.385. The van der Waals surface area contributed by atoms with E-state index in [0.717, 1.165) is 11.3 Å². The van der Waals surface area contributed by atoms with Crippen molar-refractivity contribution in [3.63, 3.8) is 0 Å². The van der Waals surface area contributed by atoms with Gasteiger partial charge in [-0.3, -0.25) is 9.59 Å². The van der Waals surface area contributed by atoms with Gasteiger partial charge in [0.15, 0.2) is 0 Å². The molecule has 0 aliphatic heterocycles. The summed E-state index contributed by atoms with van der Waals surface area (Å²) in [6, 6.07) is 7.46. The van der Waals surface area contributed by atoms with E-state index in [-0.39, 0.29) is 12.5 Å². The number of carbonyl (C=O) groups is 2. The van der Waals surface area contributed by atoms with Crippen molar-refractivity contribution in [3.05, 3.63) is 34.9 Å². The highest BCUT2D eigenvalue weighted by molar-refractivity contribution is 7.99. The van der Waals surface area contributed by atoms with Gasteiger partial charge < -0.3 is 10.4 Å². The molecule has 0 aliphatic rings. The van der Waals surface area contributed by atoms with Crippen LogP contribution in [-0.2, 0) is 15.3 Å². The molecule has 0 bridgehead atoms. The fourth-order valence-corrected chi connectivity index (χ4v) is 2.19. The van der Waals surface area contributed by atoms with Crippen molar-refractivity contribution in [2.75, 3.05) is 12.3 Å². The van der Waals surface area contributed by atoms with E-state index in [9.17, 15) is 9.59 Å². The van der Waals surface area contributed by atoms with Gasteiger partial charge in [0, 0.05) is 17.3 Å². The first kappa shape index (κ1) is 15.9. The molecule has 0 saturated carbocycles. The van der Waals surface area contributed by atoms with Gasteiger partial charge in [-0.2, -0.15) is 0 Å². The van der Waals surface area contributed by atoms with E-state index in [0.29, 0.717) is 10.8 Å². The minimum atomic E-state index is -0.908. The van der Waals surface area contributed by atoms with Crippen LogP contribution < -0.4 is 5.32 Å². The molecule has 2 N–H and O–H groups in total. The second-order valence-electron chi connectivity index (χ2n) is 4.16. The van der Waals surface area contributed by atoms with Crippen LogP contribution in [0.1, 0.15) is 12.5 Å². The molecule has 1 aromatic carbocycles. The van der Waals surface area contributed by atoms with E-state index < -0.39 is 11.9 Å². The molecule has 4 nitrogen and oxygen atoms in total. The van der Waals surface area contributed by atoms with Gasteiger partial charge in [0.05, 0.1) is 11.7 Å². The van der Waals surface area contributed by atoms with Crippen LogP contribution in [0.5, 0.6) is 0 Å². The van der Waals surface area contributed by atoms with Crippen LogP contribution in [0.25, 0.3) is 0 Å². The predicted molar refractivity (Wildman–Crippen MR) is 77.4 cm³/mol. The van der Waals surface area contributed by atoms with Crippen molar-refractivity contribution in [2.24, 2.45) is 5.92 Å². The number of nitrogens with one attached hydrogen (secondary N) is 1. The van der Waals surface area contributed by atoms with Crippen molar-refractivity contribution in [1.82, 2.24) is 5.32 Å². The molecule has 0 aliphatic carbocycles. The van der Waals surface area contributed by atoms with E-state index >= 15 is 0 Å². The maximum atomic E-state index is 11.5. The van der Waals surface area contributed by atoms with Crippen molar-refractivity contribution in [2.45, 2.75) is 12.7 Å². The van der Waals surface area contributed by atoms with E-state index in [1.165, 1.54) is 11.8 Å². The van der Waals surface area contributed by atoms with Crippen molar-refractivity contribution >= 4 is 35.2 Å². The lowest BCUT2D eigenvalue weighted by Gasteiger charge is -2.08. The van der Waals surface area contributed by atoms with Crippen LogP contribution in [0.2, 0.25) is 5.02 Å².